The van der Waals surface area contributed by atoms with Crippen molar-refractivity contribution in [2.45, 2.75) is 32.1 Å². The van der Waals surface area contributed by atoms with E-state index in [1.165, 1.54) is 4.90 Å². The van der Waals surface area contributed by atoms with E-state index in [-0.39, 0.29) is 24.3 Å². The number of aliphatic hydroxyl groups excluding tert-OH is 1. The number of piperazine rings is 1. The van der Waals surface area contributed by atoms with Gasteiger partial charge in [0.05, 0.1) is 17.7 Å². The van der Waals surface area contributed by atoms with Crippen molar-refractivity contribution in [1.82, 2.24) is 14.7 Å². The van der Waals surface area contributed by atoms with E-state index in [0.717, 1.165) is 51.9 Å². The van der Waals surface area contributed by atoms with E-state index in [9.17, 15) is 14.4 Å². The molecular weight excluding hydrogens is 358 g/mol. The van der Waals surface area contributed by atoms with E-state index in [1.54, 1.807) is 24.3 Å². The van der Waals surface area contributed by atoms with Crippen molar-refractivity contribution in [1.29, 1.82) is 0 Å². The van der Waals surface area contributed by atoms with Crippen molar-refractivity contribution >= 4 is 17.7 Å². The summed E-state index contributed by atoms with van der Waals surface area (Å²) in [5.74, 6) is -0.198. The summed E-state index contributed by atoms with van der Waals surface area (Å²) >= 11 is 0. The van der Waals surface area contributed by atoms with Crippen LogP contribution in [0.4, 0.5) is 0 Å². The van der Waals surface area contributed by atoms with Crippen LogP contribution in [0.5, 0.6) is 0 Å². The first kappa shape index (κ1) is 20.5. The highest BCUT2D eigenvalue weighted by Crippen LogP contribution is 2.22. The van der Waals surface area contributed by atoms with Crippen molar-refractivity contribution in [3.8, 4) is 0 Å². The van der Waals surface area contributed by atoms with Crippen LogP contribution in [-0.4, -0.2) is 83.4 Å². The third kappa shape index (κ3) is 4.77. The Kier molecular flexibility index (Phi) is 7.17. The summed E-state index contributed by atoms with van der Waals surface area (Å²) < 4.78 is 0. The number of unbranched alkanes of at least 4 members (excludes halogenated alkanes) is 3. The molecule has 0 unspecified atom stereocenters. The highest BCUT2D eigenvalue weighted by molar-refractivity contribution is 6.21. The maximum atomic E-state index is 12.3. The van der Waals surface area contributed by atoms with Crippen molar-refractivity contribution in [2.75, 3.05) is 45.9 Å². The molecule has 2 aliphatic rings. The number of hydrogen-bond donors (Lipinski definition) is 1. The minimum absolute atomic E-state index is 0.161. The molecule has 1 aromatic carbocycles. The van der Waals surface area contributed by atoms with Gasteiger partial charge < -0.3 is 10.0 Å². The van der Waals surface area contributed by atoms with E-state index in [0.29, 0.717) is 30.6 Å². The molecule has 2 heterocycles. The van der Waals surface area contributed by atoms with Crippen LogP contribution in [-0.2, 0) is 4.79 Å². The third-order valence-electron chi connectivity index (χ3n) is 5.54. The Morgan fingerprint density at radius 2 is 1.46 bits per heavy atom. The minimum atomic E-state index is -0.198. The number of aliphatic hydroxyl groups is 1. The molecule has 0 saturated carbocycles. The number of carbonyl (C=O) groups is 3. The van der Waals surface area contributed by atoms with E-state index >= 15 is 0 Å². The molecule has 3 rings (SSSR count). The quantitative estimate of drug-likeness (QED) is 0.511. The molecule has 7 nitrogen and oxygen atoms in total. The number of β-amino-alcohol motifs (C(OH)–C–C–N with tert-alkyl or cyclic N) is 1. The van der Waals surface area contributed by atoms with E-state index in [2.05, 4.69) is 4.90 Å². The first-order valence-electron chi connectivity index (χ1n) is 10.2. The normalized spacial score (nSPS) is 17.3. The maximum absolute atomic E-state index is 12.3. The van der Waals surface area contributed by atoms with Crippen LogP contribution < -0.4 is 0 Å². The standard InChI is InChI=1S/C21H29N3O4/c25-16-15-22-11-13-23(14-12-22)19(26)9-3-1-2-6-10-24-20(27)17-7-4-5-8-18(17)21(24)28/h4-5,7-8,25H,1-3,6,9-16H2. The second-order valence-corrected chi connectivity index (χ2v) is 7.42. The first-order chi connectivity index (χ1) is 13.6. The Morgan fingerprint density at radius 3 is 2.07 bits per heavy atom. The van der Waals surface area contributed by atoms with Gasteiger partial charge >= 0.3 is 0 Å². The lowest BCUT2D eigenvalue weighted by molar-refractivity contribution is -0.133. The SMILES string of the molecule is O=C(CCCCCCN1C(=O)c2ccccc2C1=O)N1CCN(CCO)CC1. The highest BCUT2D eigenvalue weighted by Gasteiger charge is 2.34. The van der Waals surface area contributed by atoms with Crippen LogP contribution in [0.25, 0.3) is 0 Å². The number of hydrogen-bond acceptors (Lipinski definition) is 5. The number of imide groups is 1. The predicted octanol–water partition coefficient (Wildman–Crippen LogP) is 1.37. The molecule has 152 valence electrons. The summed E-state index contributed by atoms with van der Waals surface area (Å²) in [6.07, 6.45) is 3.95. The number of fused-ring (bicyclic) bond motifs is 1. The van der Waals surface area contributed by atoms with E-state index < -0.39 is 0 Å². The number of benzene rings is 1. The van der Waals surface area contributed by atoms with Crippen LogP contribution in [0, 0.1) is 0 Å². The minimum Gasteiger partial charge on any atom is -0.395 e. The van der Waals surface area contributed by atoms with Crippen molar-refractivity contribution in [2.24, 2.45) is 0 Å². The topological polar surface area (TPSA) is 81.2 Å². The average Bonchev–Trinajstić information content (AvgIpc) is 2.96. The lowest BCUT2D eigenvalue weighted by Crippen LogP contribution is -2.49. The van der Waals surface area contributed by atoms with Crippen LogP contribution in [0.2, 0.25) is 0 Å². The summed E-state index contributed by atoms with van der Waals surface area (Å²) in [6, 6.07) is 6.95. The van der Waals surface area contributed by atoms with Crippen LogP contribution >= 0.6 is 0 Å². The fourth-order valence-electron chi connectivity index (χ4n) is 3.86. The molecule has 0 radical (unpaired) electrons. The summed E-state index contributed by atoms with van der Waals surface area (Å²) in [6.45, 7) is 4.40. The third-order valence-corrected chi connectivity index (χ3v) is 5.54. The second-order valence-electron chi connectivity index (χ2n) is 7.42. The predicted molar refractivity (Wildman–Crippen MR) is 105 cm³/mol. The van der Waals surface area contributed by atoms with Gasteiger partial charge in [-0.2, -0.15) is 0 Å². The molecular formula is C21H29N3O4. The molecule has 2 aliphatic heterocycles. The zero-order valence-corrected chi connectivity index (χ0v) is 16.3. The Morgan fingerprint density at radius 1 is 0.857 bits per heavy atom. The Hall–Kier alpha value is -2.25. The second kappa shape index (κ2) is 9.80. The van der Waals surface area contributed by atoms with Crippen molar-refractivity contribution in [3.05, 3.63) is 35.4 Å². The molecule has 0 bridgehead atoms. The van der Waals surface area contributed by atoms with E-state index in [1.807, 2.05) is 4.90 Å². The van der Waals surface area contributed by atoms with Crippen LogP contribution in [0.3, 0.4) is 0 Å². The number of carbonyl (C=O) groups excluding carboxylic acids is 3. The van der Waals surface area contributed by atoms with Crippen molar-refractivity contribution < 1.29 is 19.5 Å². The molecule has 0 spiro atoms. The average molecular weight is 387 g/mol. The summed E-state index contributed by atoms with van der Waals surface area (Å²) in [4.78, 5) is 42.3. The molecule has 0 atom stereocenters. The van der Waals surface area contributed by atoms with Crippen LogP contribution in [0.1, 0.15) is 52.8 Å². The zero-order chi connectivity index (χ0) is 19.9. The summed E-state index contributed by atoms with van der Waals surface area (Å²) in [5, 5.41) is 8.96. The van der Waals surface area contributed by atoms with Gasteiger partial charge in [0.1, 0.15) is 0 Å². The molecule has 28 heavy (non-hydrogen) atoms. The van der Waals surface area contributed by atoms with Gasteiger partial charge in [-0.3, -0.25) is 24.2 Å². The maximum Gasteiger partial charge on any atom is 0.261 e. The molecule has 1 saturated heterocycles. The number of nitrogens with zero attached hydrogens (tertiary/aromatic N) is 3. The molecule has 0 aliphatic carbocycles. The molecule has 3 amide bonds. The van der Waals surface area contributed by atoms with Gasteiger partial charge in [0, 0.05) is 45.7 Å². The van der Waals surface area contributed by atoms with Gasteiger partial charge in [0.25, 0.3) is 11.8 Å². The van der Waals surface area contributed by atoms with Gasteiger partial charge in [0.15, 0.2) is 0 Å². The zero-order valence-electron chi connectivity index (χ0n) is 16.3. The lowest BCUT2D eigenvalue weighted by Gasteiger charge is -2.34. The van der Waals surface area contributed by atoms with Gasteiger partial charge in [0.2, 0.25) is 5.91 Å². The van der Waals surface area contributed by atoms with E-state index in [4.69, 9.17) is 5.11 Å². The van der Waals surface area contributed by atoms with Gasteiger partial charge in [-0.1, -0.05) is 25.0 Å². The van der Waals surface area contributed by atoms with Crippen molar-refractivity contribution in [3.63, 3.8) is 0 Å². The first-order valence-corrected chi connectivity index (χ1v) is 10.2. The fraction of sp³-hybridized carbons (Fsp3) is 0.571. The molecule has 1 N–H and O–H groups in total. The number of amides is 3. The van der Waals surface area contributed by atoms with Crippen LogP contribution in [0.15, 0.2) is 24.3 Å². The molecule has 1 aromatic rings. The highest BCUT2D eigenvalue weighted by atomic mass is 16.3. The van der Waals surface area contributed by atoms with Gasteiger partial charge in [-0.05, 0) is 25.0 Å². The summed E-state index contributed by atoms with van der Waals surface area (Å²) in [5.41, 5.74) is 0.995. The Bertz CT molecular complexity index is 678. The molecule has 0 aromatic heterocycles. The van der Waals surface area contributed by atoms with Gasteiger partial charge in [-0.15, -0.1) is 0 Å². The Labute approximate surface area is 165 Å². The summed E-state index contributed by atoms with van der Waals surface area (Å²) in [7, 11) is 0. The molecule has 7 heteroatoms. The smallest absolute Gasteiger partial charge is 0.261 e. The monoisotopic (exact) mass is 387 g/mol. The molecule has 1 fully saturated rings. The Balaban J connectivity index is 1.29. The number of rotatable bonds is 9. The fourth-order valence-corrected chi connectivity index (χ4v) is 3.86. The largest absolute Gasteiger partial charge is 0.395 e. The van der Waals surface area contributed by atoms with Gasteiger partial charge in [-0.25, -0.2) is 0 Å². The lowest BCUT2D eigenvalue weighted by atomic mass is 10.1.